The molecule has 318 valence electrons. The monoisotopic (exact) mass is 812 g/mol. The Morgan fingerprint density at radius 2 is 1.42 bits per heavy atom. The van der Waals surface area contributed by atoms with Crippen molar-refractivity contribution in [2.75, 3.05) is 26.3 Å². The van der Waals surface area contributed by atoms with E-state index in [1.807, 2.05) is 72.7 Å². The number of alkyl carbamates (subject to hydrolysis) is 1. The van der Waals surface area contributed by atoms with Gasteiger partial charge in [-0.3, -0.25) is 4.79 Å². The molecule has 4 aromatic rings. The highest BCUT2D eigenvalue weighted by atomic mass is 16.6. The number of hydrogen-bond acceptors (Lipinski definition) is 8. The lowest BCUT2D eigenvalue weighted by Gasteiger charge is -2.33. The topological polar surface area (TPSA) is 141 Å². The number of imidazole rings is 1. The maximum atomic E-state index is 14.1. The minimum atomic E-state index is -0.711. The van der Waals surface area contributed by atoms with Crippen molar-refractivity contribution in [3.63, 3.8) is 0 Å². The number of amides is 3. The Labute approximate surface area is 348 Å². The molecule has 2 heterocycles. The molecule has 6 rings (SSSR count). The number of nitrogens with zero attached hydrogens (tertiary/aromatic N) is 3. The first-order valence-corrected chi connectivity index (χ1v) is 20.9. The molecule has 1 aromatic heterocycles. The number of benzene rings is 3. The lowest BCUT2D eigenvalue weighted by Crippen LogP contribution is -2.47. The van der Waals surface area contributed by atoms with E-state index in [2.05, 4.69) is 44.0 Å². The summed E-state index contributed by atoms with van der Waals surface area (Å²) in [7, 11) is 0. The molecule has 59 heavy (non-hydrogen) atoms. The SMILES string of the molecule is CC.CCn1c(CNC(=O)OCC2c3ccccc3-c3ccccc32)[n+](CC)c2cc(OCC(=O)OC(C)(C)C)c(C(=O)NC3CCN(C(=O)OC(C)(C)C)CC3)cc21. The van der Waals surface area contributed by atoms with E-state index in [1.54, 1.807) is 37.8 Å². The van der Waals surface area contributed by atoms with Crippen LogP contribution in [0.3, 0.4) is 0 Å². The van der Waals surface area contributed by atoms with E-state index < -0.39 is 29.9 Å². The largest absolute Gasteiger partial charge is 0.481 e. The summed E-state index contributed by atoms with van der Waals surface area (Å²) in [5.74, 6) is 0.0344. The predicted octanol–water partition coefficient (Wildman–Crippen LogP) is 7.88. The number of hydrogen-bond donors (Lipinski definition) is 2. The minimum absolute atomic E-state index is 0.0630. The molecule has 1 aliphatic heterocycles. The summed E-state index contributed by atoms with van der Waals surface area (Å²) in [6, 6.07) is 19.8. The molecule has 2 N–H and O–H groups in total. The van der Waals surface area contributed by atoms with Gasteiger partial charge in [-0.1, -0.05) is 62.4 Å². The molecule has 0 atom stereocenters. The van der Waals surface area contributed by atoms with Gasteiger partial charge in [-0.05, 0) is 90.5 Å². The van der Waals surface area contributed by atoms with Gasteiger partial charge < -0.3 is 34.5 Å². The van der Waals surface area contributed by atoms with Gasteiger partial charge in [0.2, 0.25) is 0 Å². The van der Waals surface area contributed by atoms with Crippen LogP contribution in [0.1, 0.15) is 115 Å². The first-order valence-electron chi connectivity index (χ1n) is 20.9. The molecule has 3 amide bonds. The van der Waals surface area contributed by atoms with Crippen LogP contribution in [0.4, 0.5) is 9.59 Å². The summed E-state index contributed by atoms with van der Waals surface area (Å²) < 4.78 is 27.0. The third-order valence-electron chi connectivity index (χ3n) is 10.1. The molecule has 13 nitrogen and oxygen atoms in total. The van der Waals surface area contributed by atoms with E-state index in [-0.39, 0.29) is 48.4 Å². The Morgan fingerprint density at radius 1 is 0.831 bits per heavy atom. The fourth-order valence-corrected chi connectivity index (χ4v) is 7.71. The van der Waals surface area contributed by atoms with Gasteiger partial charge in [-0.25, -0.2) is 23.5 Å². The Hall–Kier alpha value is -5.59. The van der Waals surface area contributed by atoms with Gasteiger partial charge in [0.1, 0.15) is 30.1 Å². The Bertz CT molecular complexity index is 2090. The van der Waals surface area contributed by atoms with Gasteiger partial charge in [-0.15, -0.1) is 0 Å². The highest BCUT2D eigenvalue weighted by Gasteiger charge is 2.32. The Kier molecular flexibility index (Phi) is 14.3. The van der Waals surface area contributed by atoms with Crippen LogP contribution in [0.5, 0.6) is 5.75 Å². The van der Waals surface area contributed by atoms with E-state index in [4.69, 9.17) is 18.9 Å². The molecule has 13 heteroatoms. The number of nitrogens with one attached hydrogen (secondary N) is 2. The number of esters is 1. The average Bonchev–Trinajstić information content (AvgIpc) is 3.68. The smallest absolute Gasteiger partial charge is 0.410 e. The van der Waals surface area contributed by atoms with Gasteiger partial charge in [0.05, 0.1) is 18.7 Å². The van der Waals surface area contributed by atoms with Crippen molar-refractivity contribution >= 4 is 35.1 Å². The van der Waals surface area contributed by atoms with Crippen LogP contribution < -0.4 is 19.9 Å². The molecule has 1 fully saturated rings. The van der Waals surface area contributed by atoms with Crippen molar-refractivity contribution in [1.82, 2.24) is 20.1 Å². The fraction of sp³-hybridized carbons (Fsp3) is 0.500. The van der Waals surface area contributed by atoms with E-state index in [1.165, 1.54) is 0 Å². The van der Waals surface area contributed by atoms with E-state index in [9.17, 15) is 19.2 Å². The molecule has 1 saturated heterocycles. The van der Waals surface area contributed by atoms with Crippen LogP contribution in [0.25, 0.3) is 22.2 Å². The van der Waals surface area contributed by atoms with Crippen LogP contribution in [-0.2, 0) is 38.6 Å². The number of ether oxygens (including phenoxy) is 4. The van der Waals surface area contributed by atoms with Crippen LogP contribution in [0, 0.1) is 0 Å². The van der Waals surface area contributed by atoms with Gasteiger partial charge in [0.25, 0.3) is 11.7 Å². The summed E-state index contributed by atoms with van der Waals surface area (Å²) >= 11 is 0. The molecule has 0 spiro atoms. The third kappa shape index (κ3) is 10.7. The second-order valence-corrected chi connectivity index (χ2v) is 16.5. The second-order valence-electron chi connectivity index (χ2n) is 16.5. The molecular formula is C46H62N5O8+. The van der Waals surface area contributed by atoms with Crippen molar-refractivity contribution in [1.29, 1.82) is 0 Å². The fourth-order valence-electron chi connectivity index (χ4n) is 7.71. The van der Waals surface area contributed by atoms with Gasteiger partial charge in [-0.2, -0.15) is 0 Å². The first-order chi connectivity index (χ1) is 28.1. The van der Waals surface area contributed by atoms with Crippen molar-refractivity contribution in [2.24, 2.45) is 0 Å². The van der Waals surface area contributed by atoms with Gasteiger partial charge >= 0.3 is 18.2 Å². The van der Waals surface area contributed by atoms with Crippen LogP contribution >= 0.6 is 0 Å². The zero-order valence-electron chi connectivity index (χ0n) is 36.4. The molecule has 0 unspecified atom stereocenters. The molecule has 0 saturated carbocycles. The standard InChI is InChI=1S/C44H55N5O8.C2H6/c1-9-48-35-23-33(40(51)46-28-19-21-47(22-20-28)42(53)57-44(6,7)8)37(54-27-39(50)56-43(3,4)5)24-36(35)49(10-2)38(48)25-45-41(52)55-26-34-31-17-13-11-15-29(31)30-16-12-14-18-32(30)34;1-2/h11-18,23-24,28,34H,9-10,19-22,25-27H2,1-8H3,(H-,45,46,51,52);1-2H3/p+1. The number of piperidine rings is 1. The van der Waals surface area contributed by atoms with Gasteiger partial charge in [0, 0.05) is 37.2 Å². The quantitative estimate of drug-likeness (QED) is 0.0886. The van der Waals surface area contributed by atoms with E-state index >= 15 is 0 Å². The number of likely N-dealkylation sites (tertiary alicyclic amines) is 1. The summed E-state index contributed by atoms with van der Waals surface area (Å²) in [5.41, 5.74) is 5.06. The highest BCUT2D eigenvalue weighted by molar-refractivity contribution is 6.00. The van der Waals surface area contributed by atoms with Crippen LogP contribution in [-0.4, -0.2) is 77.1 Å². The summed E-state index contributed by atoms with van der Waals surface area (Å²) in [6.07, 6.45) is 0.193. The zero-order chi connectivity index (χ0) is 43.1. The van der Waals surface area contributed by atoms with Crippen molar-refractivity contribution in [3.05, 3.63) is 83.2 Å². The number of rotatable bonds is 11. The number of fused-ring (bicyclic) bond motifs is 4. The average molecular weight is 813 g/mol. The Balaban J connectivity index is 0.00000326. The first kappa shape index (κ1) is 44.5. The van der Waals surface area contributed by atoms with E-state index in [0.717, 1.165) is 39.1 Å². The number of carbonyl (C=O) groups is 4. The summed E-state index contributed by atoms with van der Waals surface area (Å²) in [4.78, 5) is 54.4. The molecule has 0 radical (unpaired) electrons. The van der Waals surface area contributed by atoms with Crippen LogP contribution in [0.15, 0.2) is 60.7 Å². The molecule has 1 aliphatic carbocycles. The second kappa shape index (κ2) is 19.0. The van der Waals surface area contributed by atoms with Crippen molar-refractivity contribution in [2.45, 2.75) is 125 Å². The van der Waals surface area contributed by atoms with Gasteiger partial charge in [0.15, 0.2) is 17.6 Å². The normalized spacial score (nSPS) is 14.1. The Morgan fingerprint density at radius 3 is 1.98 bits per heavy atom. The number of carbonyl (C=O) groups excluding carboxylic acids is 4. The van der Waals surface area contributed by atoms with Crippen molar-refractivity contribution in [3.8, 4) is 16.9 Å². The maximum Gasteiger partial charge on any atom is 0.410 e. The minimum Gasteiger partial charge on any atom is -0.481 e. The lowest BCUT2D eigenvalue weighted by atomic mass is 9.98. The predicted molar refractivity (Wildman–Crippen MR) is 226 cm³/mol. The van der Waals surface area contributed by atoms with Crippen LogP contribution in [0.2, 0.25) is 0 Å². The molecule has 0 bridgehead atoms. The third-order valence-corrected chi connectivity index (χ3v) is 10.1. The maximum absolute atomic E-state index is 14.1. The zero-order valence-corrected chi connectivity index (χ0v) is 36.4. The number of aryl methyl sites for hydroxylation is 2. The molecule has 2 aliphatic rings. The molecule has 3 aromatic carbocycles. The molecular weight excluding hydrogens is 751 g/mol. The lowest BCUT2D eigenvalue weighted by molar-refractivity contribution is -0.676. The number of aromatic nitrogens is 2. The summed E-state index contributed by atoms with van der Waals surface area (Å²) in [6.45, 7) is 20.8. The van der Waals surface area contributed by atoms with E-state index in [0.29, 0.717) is 39.0 Å². The highest BCUT2D eigenvalue weighted by Crippen LogP contribution is 2.44. The summed E-state index contributed by atoms with van der Waals surface area (Å²) in [5, 5.41) is 6.09. The van der Waals surface area contributed by atoms with Crippen molar-refractivity contribution < 1.29 is 42.7 Å².